The van der Waals surface area contributed by atoms with Gasteiger partial charge in [0.25, 0.3) is 5.91 Å². The summed E-state index contributed by atoms with van der Waals surface area (Å²) in [4.78, 5) is 22.3. The Labute approximate surface area is 128 Å². The van der Waals surface area contributed by atoms with Gasteiger partial charge in [0.2, 0.25) is 0 Å². The third-order valence-electron chi connectivity index (χ3n) is 3.01. The van der Waals surface area contributed by atoms with Crippen molar-refractivity contribution >= 4 is 17.5 Å². The topological polar surface area (TPSA) is 74.8 Å². The minimum absolute atomic E-state index is 0.138. The van der Waals surface area contributed by atoms with Crippen LogP contribution in [0, 0.1) is 0 Å². The second kappa shape index (κ2) is 5.81. The van der Waals surface area contributed by atoms with Gasteiger partial charge in [-0.2, -0.15) is 5.10 Å². The number of carbonyl (C=O) groups excluding carboxylic acids is 1. The Balaban J connectivity index is 2.24. The first-order chi connectivity index (χ1) is 9.77. The normalized spacial score (nSPS) is 11.5. The van der Waals surface area contributed by atoms with E-state index in [1.165, 1.54) is 6.33 Å². The number of hydrogen-bond acceptors (Lipinski definition) is 4. The molecule has 0 saturated heterocycles. The molecule has 2 heterocycles. The maximum atomic E-state index is 12.5. The molecular weight excluding hydrogens is 290 g/mol. The van der Waals surface area contributed by atoms with Gasteiger partial charge in [-0.15, -0.1) is 0 Å². The minimum Gasteiger partial charge on any atom is -0.334 e. The molecule has 6 nitrogen and oxygen atoms in total. The lowest BCUT2D eigenvalue weighted by molar-refractivity contribution is 0.0781. The number of H-pyrrole nitrogens is 1. The van der Waals surface area contributed by atoms with Crippen molar-refractivity contribution in [3.63, 3.8) is 0 Å². The second-order valence-electron chi connectivity index (χ2n) is 5.91. The molecule has 1 N–H and O–H groups in total. The maximum absolute atomic E-state index is 12.5. The second-order valence-corrected chi connectivity index (χ2v) is 6.29. The monoisotopic (exact) mass is 307 g/mol. The van der Waals surface area contributed by atoms with Crippen molar-refractivity contribution in [2.24, 2.45) is 0 Å². The highest BCUT2D eigenvalue weighted by atomic mass is 35.5. The highest BCUT2D eigenvalue weighted by Gasteiger charge is 2.20. The van der Waals surface area contributed by atoms with Gasteiger partial charge in [0.15, 0.2) is 0 Å². The summed E-state index contributed by atoms with van der Waals surface area (Å²) in [5.74, 6) is 0.489. The molecule has 0 bridgehead atoms. The van der Waals surface area contributed by atoms with Crippen LogP contribution in [0.2, 0.25) is 5.15 Å². The Kier molecular flexibility index (Phi) is 4.27. The molecule has 0 aliphatic carbocycles. The average molecular weight is 308 g/mol. The third-order valence-corrected chi connectivity index (χ3v) is 3.20. The molecule has 0 saturated carbocycles. The number of rotatable bonds is 3. The van der Waals surface area contributed by atoms with Crippen LogP contribution in [0.4, 0.5) is 0 Å². The first kappa shape index (κ1) is 15.4. The van der Waals surface area contributed by atoms with E-state index < -0.39 is 0 Å². The summed E-state index contributed by atoms with van der Waals surface area (Å²) in [5.41, 5.74) is 1.12. The molecule has 7 heteroatoms. The number of nitrogens with one attached hydrogen (secondary N) is 1. The number of carbonyl (C=O) groups is 1. The zero-order valence-electron chi connectivity index (χ0n) is 12.5. The largest absolute Gasteiger partial charge is 0.334 e. The van der Waals surface area contributed by atoms with E-state index in [0.29, 0.717) is 23.1 Å². The van der Waals surface area contributed by atoms with Crippen LogP contribution < -0.4 is 0 Å². The number of pyridine rings is 1. The molecule has 2 rings (SSSR count). The van der Waals surface area contributed by atoms with Crippen molar-refractivity contribution < 1.29 is 4.79 Å². The maximum Gasteiger partial charge on any atom is 0.254 e. The number of nitrogens with zero attached hydrogens (tertiary/aromatic N) is 4. The van der Waals surface area contributed by atoms with Crippen molar-refractivity contribution in [3.05, 3.63) is 40.7 Å². The molecule has 1 amide bonds. The molecule has 0 spiro atoms. The molecule has 0 unspecified atom stereocenters. The Morgan fingerprint density at radius 3 is 2.67 bits per heavy atom. The molecule has 2 aromatic rings. The molecular formula is C14H18ClN5O. The molecule has 0 atom stereocenters. The predicted molar refractivity (Wildman–Crippen MR) is 80.1 cm³/mol. The quantitative estimate of drug-likeness (QED) is 0.884. The zero-order valence-corrected chi connectivity index (χ0v) is 13.3. The zero-order chi connectivity index (χ0) is 15.6. The van der Waals surface area contributed by atoms with Crippen LogP contribution in [0.3, 0.4) is 0 Å². The molecule has 21 heavy (non-hydrogen) atoms. The molecule has 0 radical (unpaired) electrons. The molecule has 0 aromatic carbocycles. The predicted octanol–water partition coefficient (Wildman–Crippen LogP) is 2.42. The van der Waals surface area contributed by atoms with Gasteiger partial charge in [-0.25, -0.2) is 9.97 Å². The number of amides is 1. The van der Waals surface area contributed by atoms with Crippen LogP contribution in [0.1, 0.15) is 42.6 Å². The van der Waals surface area contributed by atoms with Crippen molar-refractivity contribution in [1.82, 2.24) is 25.1 Å². The van der Waals surface area contributed by atoms with E-state index in [1.807, 2.05) is 20.8 Å². The number of halogens is 1. The lowest BCUT2D eigenvalue weighted by atomic mass is 9.91. The Morgan fingerprint density at radius 2 is 2.10 bits per heavy atom. The van der Waals surface area contributed by atoms with Crippen molar-refractivity contribution in [1.29, 1.82) is 0 Å². The molecule has 112 valence electrons. The van der Waals surface area contributed by atoms with Crippen LogP contribution in [-0.2, 0) is 12.0 Å². The van der Waals surface area contributed by atoms with E-state index in [1.54, 1.807) is 24.1 Å². The van der Waals surface area contributed by atoms with Crippen LogP contribution in [0.15, 0.2) is 18.5 Å². The van der Waals surface area contributed by atoms with Gasteiger partial charge in [0.05, 0.1) is 6.54 Å². The summed E-state index contributed by atoms with van der Waals surface area (Å²) in [6, 6.07) is 3.36. The summed E-state index contributed by atoms with van der Waals surface area (Å²) in [6.45, 7) is 6.43. The van der Waals surface area contributed by atoms with E-state index in [2.05, 4.69) is 20.2 Å². The van der Waals surface area contributed by atoms with Crippen molar-refractivity contribution in [3.8, 4) is 0 Å². The lowest BCUT2D eigenvalue weighted by Gasteiger charge is -2.20. The smallest absolute Gasteiger partial charge is 0.254 e. The van der Waals surface area contributed by atoms with E-state index in [0.717, 1.165) is 5.69 Å². The Morgan fingerprint density at radius 1 is 1.38 bits per heavy atom. The SMILES string of the molecule is CN(Cc1ncn[nH]1)C(=O)c1cc(Cl)nc(C(C)(C)C)c1. The van der Waals surface area contributed by atoms with Crippen molar-refractivity contribution in [2.45, 2.75) is 32.7 Å². The van der Waals surface area contributed by atoms with Gasteiger partial charge in [-0.3, -0.25) is 9.89 Å². The molecule has 2 aromatic heterocycles. The van der Waals surface area contributed by atoms with Gasteiger partial charge in [-0.1, -0.05) is 32.4 Å². The van der Waals surface area contributed by atoms with Crippen LogP contribution in [0.25, 0.3) is 0 Å². The van der Waals surface area contributed by atoms with Gasteiger partial charge < -0.3 is 4.90 Å². The van der Waals surface area contributed by atoms with E-state index >= 15 is 0 Å². The van der Waals surface area contributed by atoms with Gasteiger partial charge >= 0.3 is 0 Å². The van der Waals surface area contributed by atoms with Crippen LogP contribution >= 0.6 is 11.6 Å². The van der Waals surface area contributed by atoms with Gasteiger partial charge in [-0.05, 0) is 12.1 Å². The van der Waals surface area contributed by atoms with Crippen LogP contribution in [-0.4, -0.2) is 38.0 Å². The molecule has 0 fully saturated rings. The summed E-state index contributed by atoms with van der Waals surface area (Å²) < 4.78 is 0. The molecule has 0 aliphatic heterocycles. The number of hydrogen-bond donors (Lipinski definition) is 1. The van der Waals surface area contributed by atoms with Crippen molar-refractivity contribution in [2.75, 3.05) is 7.05 Å². The standard InChI is InChI=1S/C14H18ClN5O/c1-14(2,3)10-5-9(6-11(15)18-10)13(21)20(4)7-12-16-8-17-19-12/h5-6,8H,7H2,1-4H3,(H,16,17,19). The minimum atomic E-state index is -0.177. The number of aromatic amines is 1. The fourth-order valence-electron chi connectivity index (χ4n) is 1.83. The van der Waals surface area contributed by atoms with E-state index in [9.17, 15) is 4.79 Å². The first-order valence-electron chi connectivity index (χ1n) is 6.55. The number of aromatic nitrogens is 4. The molecule has 0 aliphatic rings. The first-order valence-corrected chi connectivity index (χ1v) is 6.93. The summed E-state index contributed by atoms with van der Waals surface area (Å²) in [7, 11) is 1.70. The third kappa shape index (κ3) is 3.78. The summed E-state index contributed by atoms with van der Waals surface area (Å²) >= 11 is 6.04. The van der Waals surface area contributed by atoms with Gasteiger partial charge in [0.1, 0.15) is 17.3 Å². The Bertz CT molecular complexity index is 633. The fraction of sp³-hybridized carbons (Fsp3) is 0.429. The average Bonchev–Trinajstić information content (AvgIpc) is 2.88. The fourth-order valence-corrected chi connectivity index (χ4v) is 2.04. The van der Waals surface area contributed by atoms with Gasteiger partial charge in [0, 0.05) is 23.7 Å². The highest BCUT2D eigenvalue weighted by Crippen LogP contribution is 2.24. The summed E-state index contributed by atoms with van der Waals surface area (Å²) in [5, 5.41) is 6.81. The summed E-state index contributed by atoms with van der Waals surface area (Å²) in [6.07, 6.45) is 1.41. The Hall–Kier alpha value is -1.95. The van der Waals surface area contributed by atoms with Crippen LogP contribution in [0.5, 0.6) is 0 Å². The lowest BCUT2D eigenvalue weighted by Crippen LogP contribution is -2.27. The van der Waals surface area contributed by atoms with E-state index in [-0.39, 0.29) is 11.3 Å². The highest BCUT2D eigenvalue weighted by molar-refractivity contribution is 6.29. The van der Waals surface area contributed by atoms with E-state index in [4.69, 9.17) is 11.6 Å².